The van der Waals surface area contributed by atoms with Crippen molar-refractivity contribution < 1.29 is 9.47 Å². The lowest BCUT2D eigenvalue weighted by Crippen LogP contribution is -2.01. The predicted octanol–water partition coefficient (Wildman–Crippen LogP) is 4.84. The summed E-state index contributed by atoms with van der Waals surface area (Å²) in [5.41, 5.74) is 6.76. The molecule has 0 aliphatic heterocycles. The van der Waals surface area contributed by atoms with Crippen molar-refractivity contribution in [3.8, 4) is 11.5 Å². The predicted molar refractivity (Wildman–Crippen MR) is 113 cm³/mol. The van der Waals surface area contributed by atoms with Gasteiger partial charge >= 0.3 is 0 Å². The summed E-state index contributed by atoms with van der Waals surface area (Å²) in [4.78, 5) is 9.37. The van der Waals surface area contributed by atoms with Gasteiger partial charge in [-0.15, -0.1) is 0 Å². The minimum Gasteiger partial charge on any atom is -0.485 e. The summed E-state index contributed by atoms with van der Waals surface area (Å²) in [6, 6.07) is 15.1. The summed E-state index contributed by atoms with van der Waals surface area (Å²) in [6.07, 6.45) is 8.34. The number of pyridine rings is 2. The van der Waals surface area contributed by atoms with E-state index in [-0.39, 0.29) is 0 Å². The van der Waals surface area contributed by atoms with Gasteiger partial charge in [0, 0.05) is 17.3 Å². The molecule has 3 aromatic rings. The van der Waals surface area contributed by atoms with E-state index in [1.54, 1.807) is 42.9 Å². The smallest absolute Gasteiger partial charge is 0.166 e. The molecule has 0 saturated heterocycles. The van der Waals surface area contributed by atoms with Crippen LogP contribution in [0.25, 0.3) is 0 Å². The second kappa shape index (κ2) is 10.0. The summed E-state index contributed by atoms with van der Waals surface area (Å²) in [7, 11) is 0. The lowest BCUT2D eigenvalue weighted by atomic mass is 10.3. The van der Waals surface area contributed by atoms with Crippen molar-refractivity contribution in [2.75, 3.05) is 10.5 Å². The van der Waals surface area contributed by atoms with Crippen molar-refractivity contribution in [1.29, 1.82) is 0 Å². The second-order valence-corrected chi connectivity index (χ2v) is 6.46. The highest BCUT2D eigenvalue weighted by atomic mass is 32.2. The Morgan fingerprint density at radius 1 is 1.11 bits per heavy atom. The van der Waals surface area contributed by atoms with Crippen LogP contribution in [0.5, 0.6) is 11.5 Å². The van der Waals surface area contributed by atoms with E-state index in [1.165, 1.54) is 11.9 Å². The van der Waals surface area contributed by atoms with E-state index in [4.69, 9.17) is 15.2 Å². The highest BCUT2D eigenvalue weighted by molar-refractivity contribution is 8.00. The van der Waals surface area contributed by atoms with E-state index in [9.17, 15) is 0 Å². The first-order valence-corrected chi connectivity index (χ1v) is 9.31. The number of allylic oxidation sites excluding steroid dienone is 2. The first-order valence-electron chi connectivity index (χ1n) is 8.50. The molecule has 0 spiro atoms. The summed E-state index contributed by atoms with van der Waals surface area (Å²) in [5.74, 6) is 2.43. The maximum Gasteiger partial charge on any atom is 0.166 e. The van der Waals surface area contributed by atoms with E-state index in [2.05, 4.69) is 21.3 Å². The molecule has 0 atom stereocenters. The molecule has 2 aromatic heterocycles. The number of benzene rings is 1. The molecule has 0 amide bonds. The Balaban J connectivity index is 1.53. The van der Waals surface area contributed by atoms with Crippen molar-refractivity contribution in [3.05, 3.63) is 91.5 Å². The van der Waals surface area contributed by atoms with Crippen LogP contribution in [0.3, 0.4) is 0 Å². The Labute approximate surface area is 168 Å². The zero-order valence-corrected chi connectivity index (χ0v) is 15.9. The van der Waals surface area contributed by atoms with Crippen molar-refractivity contribution in [3.63, 3.8) is 0 Å². The number of hydrogen-bond acceptors (Lipinski definition) is 7. The van der Waals surface area contributed by atoms with Gasteiger partial charge in [-0.2, -0.15) is 0 Å². The van der Waals surface area contributed by atoms with Crippen LogP contribution in [0.15, 0.2) is 90.8 Å². The van der Waals surface area contributed by atoms with Crippen LogP contribution in [0.2, 0.25) is 0 Å². The highest BCUT2D eigenvalue weighted by Gasteiger charge is 2.03. The van der Waals surface area contributed by atoms with Crippen molar-refractivity contribution >= 4 is 23.6 Å². The molecule has 3 N–H and O–H groups in total. The van der Waals surface area contributed by atoms with Crippen LogP contribution < -0.4 is 19.9 Å². The van der Waals surface area contributed by atoms with Crippen molar-refractivity contribution in [2.24, 2.45) is 0 Å². The number of ether oxygens (including phenoxy) is 2. The second-order valence-electron chi connectivity index (χ2n) is 5.58. The molecule has 2 heterocycles. The number of nitrogen functional groups attached to an aromatic ring is 1. The number of hydrogen-bond donors (Lipinski definition) is 2. The normalized spacial score (nSPS) is 10.6. The molecule has 1 aromatic carbocycles. The third kappa shape index (κ3) is 5.78. The maximum atomic E-state index is 5.79. The Morgan fingerprint density at radius 3 is 2.75 bits per heavy atom. The monoisotopic (exact) mass is 392 g/mol. The molecule has 28 heavy (non-hydrogen) atoms. The summed E-state index contributed by atoms with van der Waals surface area (Å²) in [6.45, 7) is 3.97. The van der Waals surface area contributed by atoms with E-state index < -0.39 is 0 Å². The number of nitrogens with zero attached hydrogens (tertiary/aromatic N) is 2. The van der Waals surface area contributed by atoms with Gasteiger partial charge in [-0.25, -0.2) is 9.97 Å². The molecule has 0 aliphatic carbocycles. The molecule has 0 bridgehead atoms. The van der Waals surface area contributed by atoms with Crippen LogP contribution in [0, 0.1) is 0 Å². The number of rotatable bonds is 9. The average molecular weight is 392 g/mol. The van der Waals surface area contributed by atoms with Gasteiger partial charge in [0.15, 0.2) is 11.6 Å². The summed E-state index contributed by atoms with van der Waals surface area (Å²) >= 11 is 1.46. The largest absolute Gasteiger partial charge is 0.485 e. The van der Waals surface area contributed by atoms with Gasteiger partial charge in [0.25, 0.3) is 0 Å². The Morgan fingerprint density at radius 2 is 1.96 bits per heavy atom. The first kappa shape index (κ1) is 19.3. The molecule has 0 unspecified atom stereocenters. The van der Waals surface area contributed by atoms with E-state index >= 15 is 0 Å². The van der Waals surface area contributed by atoms with Gasteiger partial charge in [-0.3, -0.25) is 0 Å². The highest BCUT2D eigenvalue weighted by Crippen LogP contribution is 2.24. The molecule has 0 aliphatic rings. The Bertz CT molecular complexity index is 945. The van der Waals surface area contributed by atoms with Crippen molar-refractivity contribution in [2.45, 2.75) is 11.5 Å². The molecule has 7 heteroatoms. The van der Waals surface area contributed by atoms with Gasteiger partial charge in [0.05, 0.1) is 6.26 Å². The molecule has 142 valence electrons. The third-order valence-electron chi connectivity index (χ3n) is 3.53. The topological polar surface area (TPSA) is 82.3 Å². The van der Waals surface area contributed by atoms with E-state index in [0.29, 0.717) is 18.2 Å². The molecule has 0 saturated carbocycles. The Hall–Kier alpha value is -3.45. The lowest BCUT2D eigenvalue weighted by Gasteiger charge is -2.09. The van der Waals surface area contributed by atoms with E-state index in [0.717, 1.165) is 22.0 Å². The van der Waals surface area contributed by atoms with Gasteiger partial charge in [0.2, 0.25) is 0 Å². The van der Waals surface area contributed by atoms with Crippen molar-refractivity contribution in [1.82, 2.24) is 9.97 Å². The average Bonchev–Trinajstić information content (AvgIpc) is 2.73. The standard InChI is InChI=1S/C21H20N4O2S/c1-2-3-13-26-17-6-8-18(9-7-17)28-25-20-14-16(10-12-23-20)15-27-19-5-4-11-24-21(19)22/h2-14H,1,15H2,(H2,22,24)(H,23,25)/b13-3+. The minimum atomic E-state index is 0.373. The minimum absolute atomic E-state index is 0.373. The number of anilines is 2. The van der Waals surface area contributed by atoms with Gasteiger partial charge in [-0.1, -0.05) is 12.7 Å². The fraction of sp³-hybridized carbons (Fsp3) is 0.0476. The molecular formula is C21H20N4O2S. The van der Waals surface area contributed by atoms with Crippen LogP contribution in [0.1, 0.15) is 5.56 Å². The molecule has 6 nitrogen and oxygen atoms in total. The lowest BCUT2D eigenvalue weighted by molar-refractivity contribution is 0.307. The Kier molecular flexibility index (Phi) is 6.92. The quantitative estimate of drug-likeness (QED) is 0.306. The third-order valence-corrected chi connectivity index (χ3v) is 4.35. The zero-order valence-electron chi connectivity index (χ0n) is 15.1. The van der Waals surface area contributed by atoms with Gasteiger partial charge < -0.3 is 19.9 Å². The molecular weight excluding hydrogens is 372 g/mol. The summed E-state index contributed by atoms with van der Waals surface area (Å²) < 4.78 is 14.4. The maximum absolute atomic E-state index is 5.79. The van der Waals surface area contributed by atoms with Gasteiger partial charge in [0.1, 0.15) is 18.2 Å². The number of aromatic nitrogens is 2. The molecule has 0 radical (unpaired) electrons. The van der Waals surface area contributed by atoms with Crippen LogP contribution in [-0.4, -0.2) is 9.97 Å². The molecule has 0 fully saturated rings. The first-order chi connectivity index (χ1) is 13.7. The zero-order chi connectivity index (χ0) is 19.6. The number of nitrogens with one attached hydrogen (secondary N) is 1. The fourth-order valence-corrected chi connectivity index (χ4v) is 2.78. The summed E-state index contributed by atoms with van der Waals surface area (Å²) in [5, 5.41) is 0. The molecule has 3 rings (SSSR count). The van der Waals surface area contributed by atoms with Crippen LogP contribution in [0.4, 0.5) is 11.6 Å². The fourth-order valence-electron chi connectivity index (χ4n) is 2.18. The SMILES string of the molecule is C=C/C=C/Oc1ccc(SNc2cc(COc3cccnc3N)ccn2)cc1. The van der Waals surface area contributed by atoms with E-state index in [1.807, 2.05) is 36.4 Å². The van der Waals surface area contributed by atoms with Gasteiger partial charge in [-0.05, 0) is 72.1 Å². The van der Waals surface area contributed by atoms with Crippen LogP contribution >= 0.6 is 11.9 Å². The van der Waals surface area contributed by atoms with Crippen LogP contribution in [-0.2, 0) is 6.61 Å². The number of nitrogens with two attached hydrogens (primary N) is 1.